The van der Waals surface area contributed by atoms with Gasteiger partial charge in [-0.15, -0.1) is 0 Å². The minimum atomic E-state index is -0.131. The lowest BCUT2D eigenvalue weighted by Gasteiger charge is -2.44. The molecule has 8 heteroatoms. The van der Waals surface area contributed by atoms with E-state index in [4.69, 9.17) is 14.7 Å². The van der Waals surface area contributed by atoms with Crippen molar-refractivity contribution in [3.8, 4) is 12.1 Å². The molecule has 2 aliphatic heterocycles. The molecule has 3 atom stereocenters. The number of aryl methyl sites for hydroxylation is 1. The van der Waals surface area contributed by atoms with Crippen LogP contribution in [0.4, 0.5) is 5.82 Å². The number of benzene rings is 1. The first-order valence-electron chi connectivity index (χ1n) is 14.6. The first-order valence-corrected chi connectivity index (χ1v) is 14.6. The number of amides is 1. The normalized spacial score (nSPS) is 26.7. The summed E-state index contributed by atoms with van der Waals surface area (Å²) in [6.07, 6.45) is 9.11. The average Bonchev–Trinajstić information content (AvgIpc) is 3.35. The standard InChI is InChI=1S/C31H40N6O2/c1-22(38)37-17-16-36(20-25(37)11-14-32)29-27-10-13-31(12-9-23-6-3-4-7-24(23)18-31)19-28(27)33-30(34-29)39-21-26-8-5-15-35(26)2/h3-4,6-7,25-26H,5,8-13,15-21H2,1-2H3/t25?,26?,31-/m0/s1. The second-order valence-electron chi connectivity index (χ2n) is 12.1. The predicted octanol–water partition coefficient (Wildman–Crippen LogP) is 3.56. The van der Waals surface area contributed by atoms with Gasteiger partial charge in [0.1, 0.15) is 12.4 Å². The summed E-state index contributed by atoms with van der Waals surface area (Å²) in [5, 5.41) is 9.46. The largest absolute Gasteiger partial charge is 0.462 e. The highest BCUT2D eigenvalue weighted by molar-refractivity contribution is 5.74. The molecule has 0 radical (unpaired) electrons. The lowest BCUT2D eigenvalue weighted by atomic mass is 9.63. The Labute approximate surface area is 232 Å². The van der Waals surface area contributed by atoms with E-state index in [-0.39, 0.29) is 17.4 Å². The summed E-state index contributed by atoms with van der Waals surface area (Å²) in [5.41, 5.74) is 5.57. The summed E-state index contributed by atoms with van der Waals surface area (Å²) in [7, 11) is 2.16. The Morgan fingerprint density at radius 1 is 1.10 bits per heavy atom. The number of carbonyl (C=O) groups excluding carboxylic acids is 1. The third kappa shape index (κ3) is 5.21. The van der Waals surface area contributed by atoms with Gasteiger partial charge in [-0.1, -0.05) is 24.3 Å². The van der Waals surface area contributed by atoms with Crippen LogP contribution in [0.1, 0.15) is 61.4 Å². The first kappa shape index (κ1) is 26.1. The fraction of sp³-hybridized carbons (Fsp3) is 0.613. The van der Waals surface area contributed by atoms with Crippen LogP contribution in [0, 0.1) is 16.7 Å². The van der Waals surface area contributed by atoms with E-state index in [1.54, 1.807) is 6.92 Å². The number of likely N-dealkylation sites (N-methyl/N-ethyl adjacent to an activating group) is 1. The van der Waals surface area contributed by atoms with Crippen LogP contribution in [0.25, 0.3) is 0 Å². The number of likely N-dealkylation sites (tertiary alicyclic amines) is 1. The van der Waals surface area contributed by atoms with Crippen molar-refractivity contribution in [2.24, 2.45) is 5.41 Å². The van der Waals surface area contributed by atoms with Crippen LogP contribution >= 0.6 is 0 Å². The number of nitrogens with zero attached hydrogens (tertiary/aromatic N) is 6. The molecule has 0 saturated carbocycles. The number of nitriles is 1. The quantitative estimate of drug-likeness (QED) is 0.587. The third-order valence-corrected chi connectivity index (χ3v) is 9.70. The molecule has 3 heterocycles. The van der Waals surface area contributed by atoms with E-state index in [9.17, 15) is 10.1 Å². The van der Waals surface area contributed by atoms with E-state index < -0.39 is 0 Å². The van der Waals surface area contributed by atoms with Gasteiger partial charge in [0.15, 0.2) is 0 Å². The molecule has 1 aromatic carbocycles. The van der Waals surface area contributed by atoms with Gasteiger partial charge in [0, 0.05) is 38.2 Å². The van der Waals surface area contributed by atoms with Gasteiger partial charge in [-0.2, -0.15) is 15.2 Å². The number of aromatic nitrogens is 2. The number of anilines is 1. The average molecular weight is 529 g/mol. The van der Waals surface area contributed by atoms with Crippen LogP contribution in [-0.2, 0) is 30.5 Å². The molecular weight excluding hydrogens is 488 g/mol. The lowest BCUT2D eigenvalue weighted by molar-refractivity contribution is -0.131. The summed E-state index contributed by atoms with van der Waals surface area (Å²) in [5.74, 6) is 0.982. The van der Waals surface area contributed by atoms with Gasteiger partial charge in [0.2, 0.25) is 5.91 Å². The molecule has 1 amide bonds. The predicted molar refractivity (Wildman–Crippen MR) is 150 cm³/mol. The molecule has 39 heavy (non-hydrogen) atoms. The molecule has 2 fully saturated rings. The summed E-state index contributed by atoms with van der Waals surface area (Å²) in [6, 6.07) is 11.9. The molecule has 6 rings (SSSR count). The highest BCUT2D eigenvalue weighted by Crippen LogP contribution is 2.46. The van der Waals surface area contributed by atoms with Crippen molar-refractivity contribution in [1.29, 1.82) is 5.26 Å². The summed E-state index contributed by atoms with van der Waals surface area (Å²) in [4.78, 5) is 28.8. The molecule has 2 aromatic rings. The maximum Gasteiger partial charge on any atom is 0.318 e. The van der Waals surface area contributed by atoms with Gasteiger partial charge in [-0.05, 0) is 81.5 Å². The highest BCUT2D eigenvalue weighted by Gasteiger charge is 2.40. The van der Waals surface area contributed by atoms with E-state index in [0.29, 0.717) is 44.7 Å². The Hall–Kier alpha value is -3.18. The Morgan fingerprint density at radius 2 is 1.92 bits per heavy atom. The van der Waals surface area contributed by atoms with Crippen LogP contribution in [0.2, 0.25) is 0 Å². The maximum absolute atomic E-state index is 12.3. The van der Waals surface area contributed by atoms with Crippen molar-refractivity contribution >= 4 is 11.7 Å². The summed E-state index contributed by atoms with van der Waals surface area (Å²) >= 11 is 0. The maximum atomic E-state index is 12.3. The van der Waals surface area contributed by atoms with Gasteiger partial charge < -0.3 is 19.4 Å². The summed E-state index contributed by atoms with van der Waals surface area (Å²) < 4.78 is 6.32. The van der Waals surface area contributed by atoms with Crippen LogP contribution in [0.5, 0.6) is 6.01 Å². The number of hydrogen-bond donors (Lipinski definition) is 0. The van der Waals surface area contributed by atoms with Gasteiger partial charge in [-0.25, -0.2) is 0 Å². The molecule has 1 spiro atoms. The minimum absolute atomic E-state index is 0.0313. The molecule has 0 bridgehead atoms. The zero-order chi connectivity index (χ0) is 27.0. The second kappa shape index (κ2) is 10.8. The van der Waals surface area contributed by atoms with Crippen molar-refractivity contribution in [2.45, 2.75) is 76.8 Å². The van der Waals surface area contributed by atoms with E-state index in [0.717, 1.165) is 56.6 Å². The molecule has 206 valence electrons. The smallest absolute Gasteiger partial charge is 0.318 e. The van der Waals surface area contributed by atoms with E-state index in [2.05, 4.69) is 47.2 Å². The summed E-state index contributed by atoms with van der Waals surface area (Å²) in [6.45, 7) is 5.22. The Bertz CT molecular complexity index is 1270. The molecule has 1 aromatic heterocycles. The lowest BCUT2D eigenvalue weighted by Crippen LogP contribution is -2.55. The highest BCUT2D eigenvalue weighted by atomic mass is 16.5. The number of piperazine rings is 1. The van der Waals surface area contributed by atoms with E-state index in [1.807, 2.05) is 4.90 Å². The first-order chi connectivity index (χ1) is 18.9. The van der Waals surface area contributed by atoms with E-state index >= 15 is 0 Å². The zero-order valence-corrected chi connectivity index (χ0v) is 23.4. The van der Waals surface area contributed by atoms with Crippen molar-refractivity contribution in [3.63, 3.8) is 0 Å². The van der Waals surface area contributed by atoms with Crippen molar-refractivity contribution in [3.05, 3.63) is 46.6 Å². The van der Waals surface area contributed by atoms with Gasteiger partial charge in [0.05, 0.1) is 24.2 Å². The van der Waals surface area contributed by atoms with Crippen LogP contribution in [-0.4, -0.2) is 77.6 Å². The third-order valence-electron chi connectivity index (χ3n) is 9.70. The van der Waals surface area contributed by atoms with Crippen LogP contribution in [0.3, 0.4) is 0 Å². The molecule has 2 unspecified atom stereocenters. The monoisotopic (exact) mass is 528 g/mol. The minimum Gasteiger partial charge on any atom is -0.462 e. The number of ether oxygens (including phenoxy) is 1. The van der Waals surface area contributed by atoms with Crippen LogP contribution < -0.4 is 9.64 Å². The van der Waals surface area contributed by atoms with Crippen molar-refractivity contribution in [2.75, 3.05) is 44.7 Å². The SMILES string of the molecule is CC(=O)N1CCN(c2nc(OCC3CCCN3C)nc3c2CC[C@]2(CCc4ccccc4C2)C3)CC1CC#N. The van der Waals surface area contributed by atoms with Crippen LogP contribution in [0.15, 0.2) is 24.3 Å². The Balaban J connectivity index is 1.31. The molecule has 0 N–H and O–H groups in total. The number of carbonyl (C=O) groups is 1. The fourth-order valence-electron chi connectivity index (χ4n) is 7.39. The second-order valence-corrected chi connectivity index (χ2v) is 12.1. The van der Waals surface area contributed by atoms with E-state index in [1.165, 1.54) is 29.5 Å². The molecule has 4 aliphatic rings. The number of hydrogen-bond acceptors (Lipinski definition) is 7. The van der Waals surface area contributed by atoms with Crippen molar-refractivity contribution < 1.29 is 9.53 Å². The molecule has 2 aliphatic carbocycles. The van der Waals surface area contributed by atoms with Crippen molar-refractivity contribution in [1.82, 2.24) is 19.8 Å². The van der Waals surface area contributed by atoms with Gasteiger partial charge in [-0.3, -0.25) is 4.79 Å². The van der Waals surface area contributed by atoms with Gasteiger partial charge >= 0.3 is 6.01 Å². The Kier molecular flexibility index (Phi) is 7.20. The molecule has 8 nitrogen and oxygen atoms in total. The van der Waals surface area contributed by atoms with Gasteiger partial charge in [0.25, 0.3) is 0 Å². The fourth-order valence-corrected chi connectivity index (χ4v) is 7.39. The molecular formula is C31H40N6O2. The number of rotatable bonds is 5. The number of fused-ring (bicyclic) bond motifs is 2. The Morgan fingerprint density at radius 3 is 2.69 bits per heavy atom. The molecule has 2 saturated heterocycles. The topological polar surface area (TPSA) is 85.6 Å². The zero-order valence-electron chi connectivity index (χ0n) is 23.4.